The maximum absolute atomic E-state index is 12.8. The highest BCUT2D eigenvalue weighted by molar-refractivity contribution is 7.10. The van der Waals surface area contributed by atoms with Crippen LogP contribution in [0.3, 0.4) is 0 Å². The van der Waals surface area contributed by atoms with Crippen molar-refractivity contribution in [1.29, 1.82) is 0 Å². The van der Waals surface area contributed by atoms with E-state index >= 15 is 0 Å². The molecule has 0 radical (unpaired) electrons. The van der Waals surface area contributed by atoms with Crippen LogP contribution in [0.15, 0.2) is 24.5 Å². The van der Waals surface area contributed by atoms with Gasteiger partial charge in [-0.3, -0.25) is 4.68 Å². The van der Waals surface area contributed by atoms with Gasteiger partial charge in [-0.2, -0.15) is 9.49 Å². The normalized spacial score (nSPS) is 18.9. The van der Waals surface area contributed by atoms with Gasteiger partial charge in [0.15, 0.2) is 5.13 Å². The second-order valence-corrected chi connectivity index (χ2v) is 5.86. The van der Waals surface area contributed by atoms with E-state index in [0.717, 1.165) is 36.7 Å². The average molecular weight is 281 g/mol. The molecule has 0 aliphatic carbocycles. The van der Waals surface area contributed by atoms with E-state index in [9.17, 15) is 4.39 Å². The number of halogens is 1. The molecule has 1 unspecified atom stereocenters. The van der Waals surface area contributed by atoms with Crippen molar-refractivity contribution in [2.75, 3.05) is 18.5 Å². The third-order valence-electron chi connectivity index (χ3n) is 3.20. The Morgan fingerprint density at radius 1 is 1.53 bits per heavy atom. The fourth-order valence-electron chi connectivity index (χ4n) is 2.18. The van der Waals surface area contributed by atoms with E-state index in [-0.39, 0.29) is 5.13 Å². The standard InChI is InChI=1S/C13H16FN3OS/c14-13-2-1-12(19-13)6-15-11-5-16-17(8-11)7-10-3-4-18-9-10/h1-2,5,8,10,15H,3-4,6-7,9H2. The van der Waals surface area contributed by atoms with E-state index in [1.54, 1.807) is 12.3 Å². The van der Waals surface area contributed by atoms with Gasteiger partial charge in [-0.1, -0.05) is 0 Å². The van der Waals surface area contributed by atoms with E-state index in [1.807, 2.05) is 10.9 Å². The van der Waals surface area contributed by atoms with Crippen LogP contribution >= 0.6 is 11.3 Å². The molecule has 6 heteroatoms. The second-order valence-electron chi connectivity index (χ2n) is 4.74. The number of hydrogen-bond acceptors (Lipinski definition) is 4. The van der Waals surface area contributed by atoms with Gasteiger partial charge in [0, 0.05) is 36.7 Å². The largest absolute Gasteiger partial charge is 0.381 e. The number of hydrogen-bond donors (Lipinski definition) is 1. The van der Waals surface area contributed by atoms with Crippen molar-refractivity contribution < 1.29 is 9.13 Å². The average Bonchev–Trinajstić information content (AvgIpc) is 3.10. The van der Waals surface area contributed by atoms with Crippen molar-refractivity contribution in [2.24, 2.45) is 5.92 Å². The summed E-state index contributed by atoms with van der Waals surface area (Å²) in [6.07, 6.45) is 4.90. The van der Waals surface area contributed by atoms with Gasteiger partial charge >= 0.3 is 0 Å². The monoisotopic (exact) mass is 281 g/mol. The predicted molar refractivity (Wildman–Crippen MR) is 72.8 cm³/mol. The molecule has 1 aliphatic rings. The first-order chi connectivity index (χ1) is 9.29. The number of anilines is 1. The van der Waals surface area contributed by atoms with Crippen LogP contribution in [-0.4, -0.2) is 23.0 Å². The summed E-state index contributed by atoms with van der Waals surface area (Å²) in [6.45, 7) is 3.22. The van der Waals surface area contributed by atoms with E-state index in [0.29, 0.717) is 12.5 Å². The molecule has 3 rings (SSSR count). The van der Waals surface area contributed by atoms with Crippen molar-refractivity contribution >= 4 is 17.0 Å². The van der Waals surface area contributed by atoms with Crippen molar-refractivity contribution in [3.8, 4) is 0 Å². The summed E-state index contributed by atoms with van der Waals surface area (Å²) in [5.74, 6) is 0.569. The number of rotatable bonds is 5. The molecule has 0 spiro atoms. The highest BCUT2D eigenvalue weighted by Gasteiger charge is 2.16. The summed E-state index contributed by atoms with van der Waals surface area (Å²) in [5, 5.41) is 7.43. The van der Waals surface area contributed by atoms with Crippen molar-refractivity contribution in [3.63, 3.8) is 0 Å². The summed E-state index contributed by atoms with van der Waals surface area (Å²) in [4.78, 5) is 0.981. The first-order valence-electron chi connectivity index (χ1n) is 6.38. The lowest BCUT2D eigenvalue weighted by Gasteiger charge is -2.06. The van der Waals surface area contributed by atoms with Gasteiger partial charge in [0.1, 0.15) is 0 Å². The summed E-state index contributed by atoms with van der Waals surface area (Å²) < 4.78 is 20.1. The van der Waals surface area contributed by atoms with Crippen molar-refractivity contribution in [2.45, 2.75) is 19.5 Å². The van der Waals surface area contributed by atoms with Gasteiger partial charge in [-0.25, -0.2) is 0 Å². The number of thiophene rings is 1. The zero-order valence-corrected chi connectivity index (χ0v) is 11.3. The smallest absolute Gasteiger partial charge is 0.176 e. The molecule has 2 aromatic rings. The van der Waals surface area contributed by atoms with Crippen LogP contribution in [0.2, 0.25) is 0 Å². The highest BCUT2D eigenvalue weighted by atomic mass is 32.1. The molecule has 1 N–H and O–H groups in total. The van der Waals surface area contributed by atoms with Crippen molar-refractivity contribution in [3.05, 3.63) is 34.5 Å². The minimum Gasteiger partial charge on any atom is -0.381 e. The minimum absolute atomic E-state index is 0.145. The lowest BCUT2D eigenvalue weighted by atomic mass is 10.1. The molecule has 0 saturated carbocycles. The van der Waals surface area contributed by atoms with Crippen LogP contribution in [-0.2, 0) is 17.8 Å². The van der Waals surface area contributed by atoms with E-state index in [2.05, 4.69) is 10.4 Å². The Bertz CT molecular complexity index is 533. The topological polar surface area (TPSA) is 39.1 Å². The molecule has 4 nitrogen and oxygen atoms in total. The Morgan fingerprint density at radius 2 is 2.47 bits per heavy atom. The van der Waals surface area contributed by atoms with Crippen molar-refractivity contribution in [1.82, 2.24) is 9.78 Å². The molecule has 0 aromatic carbocycles. The van der Waals surface area contributed by atoms with Gasteiger partial charge in [0.25, 0.3) is 0 Å². The molecule has 102 valence electrons. The van der Waals surface area contributed by atoms with E-state index in [4.69, 9.17) is 4.74 Å². The second kappa shape index (κ2) is 5.71. The zero-order valence-electron chi connectivity index (χ0n) is 10.5. The predicted octanol–water partition coefficient (Wildman–Crippen LogP) is 2.73. The lowest BCUT2D eigenvalue weighted by molar-refractivity contribution is 0.181. The highest BCUT2D eigenvalue weighted by Crippen LogP contribution is 2.18. The molecule has 0 bridgehead atoms. The van der Waals surface area contributed by atoms with E-state index < -0.39 is 0 Å². The van der Waals surface area contributed by atoms with Crippen LogP contribution in [0.25, 0.3) is 0 Å². The molecular formula is C13H16FN3OS. The molecule has 3 heterocycles. The zero-order chi connectivity index (χ0) is 13.1. The number of ether oxygens (including phenoxy) is 1. The molecular weight excluding hydrogens is 265 g/mol. The van der Waals surface area contributed by atoms with Gasteiger partial charge in [-0.15, -0.1) is 11.3 Å². The Balaban J connectivity index is 1.52. The molecule has 2 aromatic heterocycles. The number of nitrogens with zero attached hydrogens (tertiary/aromatic N) is 2. The molecule has 0 amide bonds. The molecule has 1 atom stereocenters. The number of aromatic nitrogens is 2. The summed E-state index contributed by atoms with van der Waals surface area (Å²) in [6, 6.07) is 3.29. The Kier molecular flexibility index (Phi) is 3.79. The minimum atomic E-state index is -0.145. The maximum atomic E-state index is 12.8. The Hall–Kier alpha value is -1.40. The number of nitrogens with one attached hydrogen (secondary N) is 1. The fourth-order valence-corrected chi connectivity index (χ4v) is 2.85. The van der Waals surface area contributed by atoms with Gasteiger partial charge in [0.2, 0.25) is 0 Å². The molecule has 19 heavy (non-hydrogen) atoms. The van der Waals surface area contributed by atoms with Gasteiger partial charge < -0.3 is 10.1 Å². The molecule has 1 saturated heterocycles. The molecule has 1 aliphatic heterocycles. The SMILES string of the molecule is Fc1ccc(CNc2cnn(CC3CCOC3)c2)s1. The molecule has 1 fully saturated rings. The third-order valence-corrected chi connectivity index (χ3v) is 4.07. The van der Waals surface area contributed by atoms with Gasteiger partial charge in [-0.05, 0) is 18.6 Å². The maximum Gasteiger partial charge on any atom is 0.176 e. The fraction of sp³-hybridized carbons (Fsp3) is 0.462. The van der Waals surface area contributed by atoms with Crippen LogP contribution in [0.1, 0.15) is 11.3 Å². The first kappa shape index (κ1) is 12.6. The summed E-state index contributed by atoms with van der Waals surface area (Å²) in [7, 11) is 0. The van der Waals surface area contributed by atoms with Crippen LogP contribution in [0.4, 0.5) is 10.1 Å². The van der Waals surface area contributed by atoms with Crippen LogP contribution in [0.5, 0.6) is 0 Å². The summed E-state index contributed by atoms with van der Waals surface area (Å²) >= 11 is 1.17. The third kappa shape index (κ3) is 3.33. The van der Waals surface area contributed by atoms with Crippen LogP contribution < -0.4 is 5.32 Å². The summed E-state index contributed by atoms with van der Waals surface area (Å²) in [5.41, 5.74) is 0.965. The van der Waals surface area contributed by atoms with E-state index in [1.165, 1.54) is 17.4 Å². The Morgan fingerprint density at radius 3 is 3.21 bits per heavy atom. The van der Waals surface area contributed by atoms with Gasteiger partial charge in [0.05, 0.1) is 18.5 Å². The first-order valence-corrected chi connectivity index (χ1v) is 7.19. The quantitative estimate of drug-likeness (QED) is 0.916. The van der Waals surface area contributed by atoms with Crippen LogP contribution in [0, 0.1) is 11.0 Å². The lowest BCUT2D eigenvalue weighted by Crippen LogP contribution is -2.10. The Labute approximate surface area is 115 Å².